The summed E-state index contributed by atoms with van der Waals surface area (Å²) in [6.07, 6.45) is 0. The summed E-state index contributed by atoms with van der Waals surface area (Å²) in [7, 11) is 3.85. The van der Waals surface area contributed by atoms with Crippen molar-refractivity contribution in [2.45, 2.75) is 13.8 Å². The van der Waals surface area contributed by atoms with Crippen molar-refractivity contribution in [3.05, 3.63) is 0 Å². The fraction of sp³-hybridized carbons (Fsp3) is 1.00. The van der Waals surface area contributed by atoms with Gasteiger partial charge in [0, 0.05) is 11.5 Å². The molecule has 0 aromatic rings. The van der Waals surface area contributed by atoms with Gasteiger partial charge in [0.25, 0.3) is 0 Å². The van der Waals surface area contributed by atoms with Crippen molar-refractivity contribution in [2.75, 3.05) is 11.5 Å². The van der Waals surface area contributed by atoms with Gasteiger partial charge in [-0.2, -0.15) is 0 Å². The smallest absolute Gasteiger partial charge is 0.000844 e. The van der Waals surface area contributed by atoms with Crippen molar-refractivity contribution >= 4 is 46.4 Å². The minimum Gasteiger partial charge on any atom is -0.147 e. The van der Waals surface area contributed by atoms with Crippen LogP contribution in [0.2, 0.25) is 0 Å². The lowest BCUT2D eigenvalue weighted by Gasteiger charge is -1.86. The first-order valence-corrected chi connectivity index (χ1v) is 4.65. The molecule has 0 aliphatic carbocycles. The van der Waals surface area contributed by atoms with E-state index in [0.717, 1.165) is 0 Å². The van der Waals surface area contributed by atoms with E-state index in [1.807, 2.05) is 21.6 Å². The second kappa shape index (κ2) is 15.7. The Balaban J connectivity index is -0.000000125. The predicted octanol–water partition coefficient (Wildman–Crippen LogP) is 3.25. The fourth-order valence-electron chi connectivity index (χ4n) is 0.167. The van der Waals surface area contributed by atoms with Crippen molar-refractivity contribution in [1.82, 2.24) is 0 Å². The lowest BCUT2D eigenvalue weighted by atomic mass is 11.0. The first kappa shape index (κ1) is 16.1. The second-order valence-electron chi connectivity index (χ2n) is 0.813. The minimum absolute atomic E-state index is 0. The summed E-state index contributed by atoms with van der Waals surface area (Å²) in [5.74, 6) is 2.47. The van der Waals surface area contributed by atoms with Gasteiger partial charge < -0.3 is 0 Å². The number of rotatable bonds is 3. The second-order valence-corrected chi connectivity index (χ2v) is 3.85. The highest BCUT2D eigenvalue weighted by molar-refractivity contribution is 8.76. The van der Waals surface area contributed by atoms with E-state index in [9.17, 15) is 0 Å². The summed E-state index contributed by atoms with van der Waals surface area (Å²) in [5.41, 5.74) is 0. The molecule has 0 N–H and O–H groups in total. The van der Waals surface area contributed by atoms with Gasteiger partial charge in [-0.3, -0.25) is 0 Å². The van der Waals surface area contributed by atoms with Crippen molar-refractivity contribution in [3.63, 3.8) is 0 Å². The maximum Gasteiger partial charge on any atom is 0.000844 e. The van der Waals surface area contributed by atoms with E-state index >= 15 is 0 Å². The molecule has 0 aliphatic rings. The summed E-state index contributed by atoms with van der Waals surface area (Å²) >= 11 is 0. The largest absolute Gasteiger partial charge is 0.147 e. The van der Waals surface area contributed by atoms with E-state index in [-0.39, 0.29) is 24.8 Å². The van der Waals surface area contributed by atoms with Gasteiger partial charge in [-0.05, 0) is 0 Å². The van der Waals surface area contributed by atoms with Crippen LogP contribution in [0.5, 0.6) is 0 Å². The zero-order valence-corrected chi connectivity index (χ0v) is 8.31. The van der Waals surface area contributed by atoms with Crippen LogP contribution < -0.4 is 0 Å². The molecule has 0 radical (unpaired) electrons. The monoisotopic (exact) mass is 194 g/mol. The topological polar surface area (TPSA) is 0 Å². The molecule has 0 aliphatic heterocycles. The van der Waals surface area contributed by atoms with Gasteiger partial charge in [0.05, 0.1) is 0 Å². The number of hydrogen-bond acceptors (Lipinski definition) is 2. The third kappa shape index (κ3) is 15.7. The molecule has 0 fully saturated rings. The molecular weight excluding hydrogens is 183 g/mol. The van der Waals surface area contributed by atoms with Crippen LogP contribution in [0.3, 0.4) is 0 Å². The molecule has 0 atom stereocenters. The normalized spacial score (nSPS) is 6.75. The zero-order chi connectivity index (χ0) is 4.83. The highest BCUT2D eigenvalue weighted by atomic mass is 35.5. The van der Waals surface area contributed by atoms with Crippen LogP contribution >= 0.6 is 46.4 Å². The molecule has 0 bridgehead atoms. The highest BCUT2D eigenvalue weighted by Crippen LogP contribution is 2.18. The van der Waals surface area contributed by atoms with Gasteiger partial charge in [0.1, 0.15) is 0 Å². The van der Waals surface area contributed by atoms with Gasteiger partial charge in [0.2, 0.25) is 0 Å². The van der Waals surface area contributed by atoms with E-state index in [0.29, 0.717) is 0 Å². The summed E-state index contributed by atoms with van der Waals surface area (Å²) < 4.78 is 0. The van der Waals surface area contributed by atoms with Crippen molar-refractivity contribution < 1.29 is 0 Å². The Morgan fingerprint density at radius 3 is 1.25 bits per heavy atom. The first-order chi connectivity index (χ1) is 2.91. The molecule has 0 saturated carbocycles. The Kier molecular flexibility index (Phi) is 31.7. The molecule has 0 aromatic heterocycles. The molecule has 0 rings (SSSR count). The Morgan fingerprint density at radius 2 is 1.12 bits per heavy atom. The molecule has 0 heterocycles. The molecule has 0 unspecified atom stereocenters. The van der Waals surface area contributed by atoms with Crippen molar-refractivity contribution in [3.8, 4) is 0 Å². The lowest BCUT2D eigenvalue weighted by Crippen LogP contribution is -1.59. The van der Waals surface area contributed by atoms with Gasteiger partial charge in [-0.25, -0.2) is 0 Å². The summed E-state index contributed by atoms with van der Waals surface area (Å²) in [6.45, 7) is 4.35. The number of hydrogen-bond donors (Lipinski definition) is 0. The SMILES string of the molecule is CCSSCC.Cl.Cl. The highest BCUT2D eigenvalue weighted by Gasteiger charge is 1.75. The van der Waals surface area contributed by atoms with Crippen molar-refractivity contribution in [2.24, 2.45) is 0 Å². The van der Waals surface area contributed by atoms with E-state index in [4.69, 9.17) is 0 Å². The van der Waals surface area contributed by atoms with Crippen LogP contribution in [-0.4, -0.2) is 11.5 Å². The maximum absolute atomic E-state index is 2.17. The Labute approximate surface area is 71.8 Å². The van der Waals surface area contributed by atoms with E-state index in [2.05, 4.69) is 13.8 Å². The molecule has 0 aromatic carbocycles. The first-order valence-electron chi connectivity index (χ1n) is 2.16. The average Bonchev–Trinajstić information content (AvgIpc) is 1.61. The van der Waals surface area contributed by atoms with E-state index < -0.39 is 0 Å². The maximum atomic E-state index is 2.17. The molecule has 4 heteroatoms. The third-order valence-corrected chi connectivity index (χ3v) is 2.87. The van der Waals surface area contributed by atoms with Gasteiger partial charge in [0.15, 0.2) is 0 Å². The molecule has 0 spiro atoms. The molecule has 0 amide bonds. The molecular formula is C4H12Cl2S2. The van der Waals surface area contributed by atoms with E-state index in [1.54, 1.807) is 0 Å². The Hall–Kier alpha value is 1.28. The standard InChI is InChI=1S/C4H10S2.2ClH/c1-3-5-6-4-2;;/h3-4H2,1-2H3;2*1H. The van der Waals surface area contributed by atoms with E-state index in [1.165, 1.54) is 11.5 Å². The predicted molar refractivity (Wildman–Crippen MR) is 50.8 cm³/mol. The minimum atomic E-state index is 0. The van der Waals surface area contributed by atoms with Crippen LogP contribution in [-0.2, 0) is 0 Å². The van der Waals surface area contributed by atoms with Crippen LogP contribution in [0.15, 0.2) is 0 Å². The molecule has 54 valence electrons. The van der Waals surface area contributed by atoms with Crippen molar-refractivity contribution in [1.29, 1.82) is 0 Å². The average molecular weight is 195 g/mol. The van der Waals surface area contributed by atoms with Crippen LogP contribution in [0.1, 0.15) is 13.8 Å². The summed E-state index contributed by atoms with van der Waals surface area (Å²) in [6, 6.07) is 0. The molecule has 0 saturated heterocycles. The van der Waals surface area contributed by atoms with Gasteiger partial charge in [-0.15, -0.1) is 24.8 Å². The fourth-order valence-corrected chi connectivity index (χ4v) is 1.50. The van der Waals surface area contributed by atoms with Gasteiger partial charge >= 0.3 is 0 Å². The quantitative estimate of drug-likeness (QED) is 0.500. The molecule has 8 heavy (non-hydrogen) atoms. The summed E-state index contributed by atoms with van der Waals surface area (Å²) in [5, 5.41) is 0. The third-order valence-electron chi connectivity index (χ3n) is 0.319. The summed E-state index contributed by atoms with van der Waals surface area (Å²) in [4.78, 5) is 0. The van der Waals surface area contributed by atoms with Crippen LogP contribution in [0.4, 0.5) is 0 Å². The lowest BCUT2D eigenvalue weighted by molar-refractivity contribution is 1.53. The zero-order valence-electron chi connectivity index (χ0n) is 5.05. The molecule has 0 nitrogen and oxygen atoms in total. The van der Waals surface area contributed by atoms with Crippen LogP contribution in [0, 0.1) is 0 Å². The van der Waals surface area contributed by atoms with Crippen LogP contribution in [0.25, 0.3) is 0 Å². The number of halogens is 2. The Bertz CT molecular complexity index is 24.0. The Morgan fingerprint density at radius 1 is 0.875 bits per heavy atom. The van der Waals surface area contributed by atoms with Gasteiger partial charge in [-0.1, -0.05) is 35.4 Å².